The highest BCUT2D eigenvalue weighted by molar-refractivity contribution is 6.73. The molecule has 0 rings (SSSR count). The van der Waals surface area contributed by atoms with Gasteiger partial charge in [0.25, 0.3) is 8.32 Å². The van der Waals surface area contributed by atoms with Gasteiger partial charge in [-0.2, -0.15) is 0 Å². The van der Waals surface area contributed by atoms with Gasteiger partial charge < -0.3 is 4.43 Å². The van der Waals surface area contributed by atoms with Gasteiger partial charge in [-0.15, -0.1) is 0 Å². The van der Waals surface area contributed by atoms with Gasteiger partial charge in [0.1, 0.15) is 0 Å². The Labute approximate surface area is 57.3 Å². The lowest BCUT2D eigenvalue weighted by Crippen LogP contribution is -2.31. The van der Waals surface area contributed by atoms with E-state index in [1.54, 1.807) is 0 Å². The summed E-state index contributed by atoms with van der Waals surface area (Å²) in [5.41, 5.74) is 0. The van der Waals surface area contributed by atoms with Crippen molar-refractivity contribution in [3.63, 3.8) is 0 Å². The summed E-state index contributed by atoms with van der Waals surface area (Å²) in [6.45, 7) is 7.66. The fourth-order valence-electron chi connectivity index (χ4n) is 0.495. The van der Waals surface area contributed by atoms with Gasteiger partial charge in [-0.05, 0) is 18.6 Å². The van der Waals surface area contributed by atoms with Gasteiger partial charge in [0.05, 0.1) is 0 Å². The molecule has 3 heteroatoms. The Morgan fingerprint density at radius 1 is 1.44 bits per heavy atom. The van der Waals surface area contributed by atoms with E-state index < -0.39 is 8.32 Å². The predicted octanol–water partition coefficient (Wildman–Crippen LogP) is 1.69. The van der Waals surface area contributed by atoms with E-state index in [0.29, 0.717) is 0 Å². The van der Waals surface area contributed by atoms with E-state index in [9.17, 15) is 4.79 Å². The monoisotopic (exact) mass is 145 g/mol. The van der Waals surface area contributed by atoms with Crippen LogP contribution in [-0.2, 0) is 9.22 Å². The second-order valence-electron chi connectivity index (χ2n) is 2.34. The first-order valence-electron chi connectivity index (χ1n) is 3.23. The minimum Gasteiger partial charge on any atom is -0.511 e. The maximum atomic E-state index is 9.83. The summed E-state index contributed by atoms with van der Waals surface area (Å²) in [6, 6.07) is 1.97. The average Bonchev–Trinajstić information content (AvgIpc) is 1.89. The van der Waals surface area contributed by atoms with Crippen molar-refractivity contribution in [2.45, 2.75) is 32.5 Å². The molecule has 0 amide bonds. The maximum Gasteiger partial charge on any atom is 0.402 e. The standard InChI is InChI=1S/C6H13O2Si/c1-4-9(3,5-2)8-6-7/h4-5H2,1-3H3. The largest absolute Gasteiger partial charge is 0.511 e. The molecule has 0 fully saturated rings. The van der Waals surface area contributed by atoms with Gasteiger partial charge in [-0.1, -0.05) is 13.8 Å². The number of rotatable bonds is 4. The number of hydrogen-bond acceptors (Lipinski definition) is 2. The molecule has 0 aromatic rings. The van der Waals surface area contributed by atoms with Crippen LogP contribution in [0.15, 0.2) is 0 Å². The van der Waals surface area contributed by atoms with Crippen molar-refractivity contribution in [2.24, 2.45) is 0 Å². The molecular weight excluding hydrogens is 132 g/mol. The first kappa shape index (κ1) is 8.69. The molecule has 0 aliphatic rings. The first-order chi connectivity index (χ1) is 4.18. The van der Waals surface area contributed by atoms with Crippen LogP contribution in [0.2, 0.25) is 18.6 Å². The molecule has 0 bridgehead atoms. The summed E-state index contributed by atoms with van der Waals surface area (Å²) in [6.07, 6.45) is 0. The first-order valence-corrected chi connectivity index (χ1v) is 6.06. The number of carbonyl (C=O) groups excluding carboxylic acids is 1. The molecular formula is C6H13O2Si. The van der Waals surface area contributed by atoms with Crippen LogP contribution in [0.4, 0.5) is 0 Å². The minimum atomic E-state index is -1.62. The smallest absolute Gasteiger partial charge is 0.402 e. The Hall–Kier alpha value is -0.313. The van der Waals surface area contributed by atoms with Crippen molar-refractivity contribution >= 4 is 14.8 Å². The highest BCUT2D eigenvalue weighted by Gasteiger charge is 2.25. The second kappa shape index (κ2) is 3.66. The zero-order chi connectivity index (χ0) is 7.33. The van der Waals surface area contributed by atoms with E-state index >= 15 is 0 Å². The molecule has 0 atom stereocenters. The molecule has 53 valence electrons. The van der Waals surface area contributed by atoms with Gasteiger partial charge in [0, 0.05) is 0 Å². The molecule has 0 aliphatic heterocycles. The van der Waals surface area contributed by atoms with Crippen LogP contribution in [0.3, 0.4) is 0 Å². The van der Waals surface area contributed by atoms with Crippen LogP contribution < -0.4 is 0 Å². The predicted molar refractivity (Wildman–Crippen MR) is 39.4 cm³/mol. The fourth-order valence-corrected chi connectivity index (χ4v) is 1.48. The van der Waals surface area contributed by atoms with Crippen LogP contribution in [-0.4, -0.2) is 14.8 Å². The molecule has 0 heterocycles. The zero-order valence-corrected chi connectivity index (χ0v) is 7.23. The third-order valence-electron chi connectivity index (χ3n) is 1.78. The molecule has 0 saturated carbocycles. The van der Waals surface area contributed by atoms with Crippen molar-refractivity contribution in [3.8, 4) is 0 Å². The third-order valence-corrected chi connectivity index (χ3v) is 5.35. The maximum absolute atomic E-state index is 9.83. The van der Waals surface area contributed by atoms with E-state index in [-0.39, 0.29) is 0 Å². The SMILES string of the molecule is CC[Si](C)(CC)O[C]=O. The molecule has 0 saturated heterocycles. The van der Waals surface area contributed by atoms with E-state index in [4.69, 9.17) is 4.43 Å². The van der Waals surface area contributed by atoms with E-state index in [1.165, 1.54) is 6.47 Å². The molecule has 1 radical (unpaired) electrons. The summed E-state index contributed by atoms with van der Waals surface area (Å²) in [4.78, 5) is 9.83. The summed E-state index contributed by atoms with van der Waals surface area (Å²) >= 11 is 0. The molecule has 9 heavy (non-hydrogen) atoms. The van der Waals surface area contributed by atoms with Crippen molar-refractivity contribution in [1.82, 2.24) is 0 Å². The van der Waals surface area contributed by atoms with E-state index in [2.05, 4.69) is 0 Å². The van der Waals surface area contributed by atoms with Crippen LogP contribution in [0.1, 0.15) is 13.8 Å². The summed E-state index contributed by atoms with van der Waals surface area (Å²) in [5.74, 6) is 0. The zero-order valence-electron chi connectivity index (χ0n) is 6.23. The van der Waals surface area contributed by atoms with Crippen LogP contribution in [0.25, 0.3) is 0 Å². The summed E-state index contributed by atoms with van der Waals surface area (Å²) < 4.78 is 4.86. The van der Waals surface area contributed by atoms with Gasteiger partial charge in [0.2, 0.25) is 0 Å². The van der Waals surface area contributed by atoms with E-state index in [0.717, 1.165) is 12.1 Å². The summed E-state index contributed by atoms with van der Waals surface area (Å²) in [7, 11) is -1.62. The minimum absolute atomic E-state index is 0.985. The molecule has 0 aromatic heterocycles. The van der Waals surface area contributed by atoms with Crippen LogP contribution in [0, 0.1) is 0 Å². The lowest BCUT2D eigenvalue weighted by atomic mass is 10.9. The van der Waals surface area contributed by atoms with Crippen molar-refractivity contribution in [2.75, 3.05) is 0 Å². The van der Waals surface area contributed by atoms with Gasteiger partial charge in [-0.25, -0.2) is 4.79 Å². The van der Waals surface area contributed by atoms with Crippen molar-refractivity contribution in [1.29, 1.82) is 0 Å². The average molecular weight is 145 g/mol. The molecule has 0 unspecified atom stereocenters. The molecule has 0 aromatic carbocycles. The van der Waals surface area contributed by atoms with Gasteiger partial charge >= 0.3 is 6.47 Å². The Balaban J connectivity index is 3.75. The topological polar surface area (TPSA) is 26.3 Å². The normalized spacial score (nSPS) is 11.0. The lowest BCUT2D eigenvalue weighted by molar-refractivity contribution is 0.435. The highest BCUT2D eigenvalue weighted by Crippen LogP contribution is 2.13. The molecule has 2 nitrogen and oxygen atoms in total. The quantitative estimate of drug-likeness (QED) is 0.563. The Morgan fingerprint density at radius 2 is 1.89 bits per heavy atom. The van der Waals surface area contributed by atoms with Crippen molar-refractivity contribution in [3.05, 3.63) is 0 Å². The lowest BCUT2D eigenvalue weighted by Gasteiger charge is -2.19. The molecule has 0 spiro atoms. The summed E-state index contributed by atoms with van der Waals surface area (Å²) in [5, 5.41) is 0. The molecule has 0 N–H and O–H groups in total. The molecule has 0 aliphatic carbocycles. The third kappa shape index (κ3) is 2.65. The van der Waals surface area contributed by atoms with E-state index in [1.807, 2.05) is 20.4 Å². The Bertz CT molecular complexity index is 89.1. The fraction of sp³-hybridized carbons (Fsp3) is 0.833. The second-order valence-corrected chi connectivity index (χ2v) is 6.86. The Morgan fingerprint density at radius 3 is 2.00 bits per heavy atom. The van der Waals surface area contributed by atoms with Crippen molar-refractivity contribution < 1.29 is 9.22 Å². The number of hydrogen-bond donors (Lipinski definition) is 0. The van der Waals surface area contributed by atoms with Gasteiger partial charge in [0.15, 0.2) is 0 Å². The highest BCUT2D eigenvalue weighted by atomic mass is 28.4. The van der Waals surface area contributed by atoms with Gasteiger partial charge in [-0.3, -0.25) is 0 Å². The van der Waals surface area contributed by atoms with Crippen LogP contribution >= 0.6 is 0 Å². The van der Waals surface area contributed by atoms with Crippen LogP contribution in [0.5, 0.6) is 0 Å². The Kier molecular flexibility index (Phi) is 3.54.